The highest BCUT2D eigenvalue weighted by Crippen LogP contribution is 2.13. The van der Waals surface area contributed by atoms with Gasteiger partial charge in [0.15, 0.2) is 0 Å². The van der Waals surface area contributed by atoms with Crippen LogP contribution in [0.5, 0.6) is 0 Å². The van der Waals surface area contributed by atoms with E-state index in [0.717, 1.165) is 0 Å². The number of carbonyl (C=O) groups is 2. The molecule has 1 atom stereocenters. The third kappa shape index (κ3) is 1.88. The first-order chi connectivity index (χ1) is 6.36. The van der Waals surface area contributed by atoms with Gasteiger partial charge in [-0.15, -0.1) is 0 Å². The van der Waals surface area contributed by atoms with Crippen molar-refractivity contribution in [2.75, 3.05) is 6.54 Å². The number of carbonyl (C=O) groups excluding carboxylic acids is 2. The number of hydrogen-bond acceptors (Lipinski definition) is 5. The van der Waals surface area contributed by atoms with Crippen molar-refractivity contribution >= 4 is 28.3 Å². The summed E-state index contributed by atoms with van der Waals surface area (Å²) in [6.07, 6.45) is 0.462. The van der Waals surface area contributed by atoms with E-state index in [4.69, 9.17) is 9.96 Å². The lowest BCUT2D eigenvalue weighted by molar-refractivity contribution is -0.139. The molecule has 8 nitrogen and oxygen atoms in total. The van der Waals surface area contributed by atoms with Crippen LogP contribution in [0.25, 0.3) is 0 Å². The van der Waals surface area contributed by atoms with E-state index in [2.05, 4.69) is 5.32 Å². The molecule has 0 bridgehead atoms. The van der Waals surface area contributed by atoms with Crippen molar-refractivity contribution in [3.8, 4) is 0 Å². The molecule has 9 heteroatoms. The second-order valence-electron chi connectivity index (χ2n) is 2.55. The van der Waals surface area contributed by atoms with Gasteiger partial charge in [0.1, 0.15) is 6.04 Å². The number of hydrogen-bond donors (Lipinski definition) is 3. The molecule has 0 spiro atoms. The summed E-state index contributed by atoms with van der Waals surface area (Å²) in [6, 6.07) is -0.981. The summed E-state index contributed by atoms with van der Waals surface area (Å²) in [4.78, 5) is 21.5. The van der Waals surface area contributed by atoms with E-state index in [1.807, 2.05) is 0 Å². The standard InChI is InChI=1S/C5H7N3O5S/c6-1-4(9)7-3-2-8(5(3)10)14(11,12)13/h1,3,6H,2H2,(H,7,9)(H,11,12,13). The van der Waals surface area contributed by atoms with Gasteiger partial charge in [-0.3, -0.25) is 14.1 Å². The first-order valence-electron chi connectivity index (χ1n) is 3.46. The van der Waals surface area contributed by atoms with E-state index in [-0.39, 0.29) is 10.8 Å². The average Bonchev–Trinajstić information content (AvgIpc) is 2.08. The van der Waals surface area contributed by atoms with Crippen molar-refractivity contribution in [1.29, 1.82) is 5.41 Å². The Bertz CT molecular complexity index is 388. The van der Waals surface area contributed by atoms with Crippen molar-refractivity contribution in [2.45, 2.75) is 6.04 Å². The van der Waals surface area contributed by atoms with Crippen molar-refractivity contribution in [3.63, 3.8) is 0 Å². The van der Waals surface area contributed by atoms with Crippen molar-refractivity contribution < 1.29 is 22.6 Å². The van der Waals surface area contributed by atoms with Crippen LogP contribution in [-0.4, -0.2) is 47.9 Å². The minimum Gasteiger partial charge on any atom is -0.338 e. The van der Waals surface area contributed by atoms with Crippen molar-refractivity contribution in [1.82, 2.24) is 9.62 Å². The fourth-order valence-electron chi connectivity index (χ4n) is 0.924. The Morgan fingerprint density at radius 1 is 1.71 bits per heavy atom. The van der Waals surface area contributed by atoms with E-state index in [1.165, 1.54) is 0 Å². The van der Waals surface area contributed by atoms with Crippen LogP contribution >= 0.6 is 0 Å². The molecule has 0 aromatic heterocycles. The molecule has 78 valence electrons. The molecule has 14 heavy (non-hydrogen) atoms. The smallest absolute Gasteiger partial charge is 0.338 e. The predicted molar refractivity (Wildman–Crippen MR) is 44.0 cm³/mol. The number of β-lactam (4-membered cyclic amide) rings is 1. The molecular formula is C5H7N3O5S. The molecule has 0 radical (unpaired) electrons. The van der Waals surface area contributed by atoms with Gasteiger partial charge in [0, 0.05) is 0 Å². The van der Waals surface area contributed by atoms with Gasteiger partial charge in [0.05, 0.1) is 12.8 Å². The van der Waals surface area contributed by atoms with Crippen molar-refractivity contribution in [2.24, 2.45) is 0 Å². The van der Waals surface area contributed by atoms with Gasteiger partial charge in [0.2, 0.25) is 0 Å². The molecule has 3 N–H and O–H groups in total. The number of nitrogens with one attached hydrogen (secondary N) is 2. The zero-order chi connectivity index (χ0) is 10.9. The van der Waals surface area contributed by atoms with Gasteiger partial charge >= 0.3 is 10.3 Å². The maximum atomic E-state index is 11.0. The Hall–Kier alpha value is -1.48. The van der Waals surface area contributed by atoms with Gasteiger partial charge < -0.3 is 10.7 Å². The molecule has 1 unspecified atom stereocenters. The lowest BCUT2D eigenvalue weighted by Crippen LogP contribution is -2.65. The third-order valence-corrected chi connectivity index (χ3v) is 2.50. The highest BCUT2D eigenvalue weighted by molar-refractivity contribution is 7.84. The highest BCUT2D eigenvalue weighted by atomic mass is 32.2. The minimum atomic E-state index is -4.52. The van der Waals surface area contributed by atoms with Crippen LogP contribution in [-0.2, 0) is 19.9 Å². The summed E-state index contributed by atoms with van der Waals surface area (Å²) in [5.41, 5.74) is 0. The molecule has 0 saturated carbocycles. The van der Waals surface area contributed by atoms with Crippen LogP contribution in [0.3, 0.4) is 0 Å². The highest BCUT2D eigenvalue weighted by Gasteiger charge is 2.44. The average molecular weight is 221 g/mol. The van der Waals surface area contributed by atoms with Crippen LogP contribution < -0.4 is 5.32 Å². The number of nitrogens with zero attached hydrogens (tertiary/aromatic N) is 1. The summed E-state index contributed by atoms with van der Waals surface area (Å²) in [7, 11) is -4.52. The normalized spacial score (nSPS) is 21.4. The van der Waals surface area contributed by atoms with Gasteiger partial charge in [-0.1, -0.05) is 0 Å². The summed E-state index contributed by atoms with van der Waals surface area (Å²) >= 11 is 0. The maximum Gasteiger partial charge on any atom is 0.362 e. The largest absolute Gasteiger partial charge is 0.362 e. The molecule has 1 heterocycles. The first-order valence-corrected chi connectivity index (χ1v) is 4.86. The Labute approximate surface area is 79.3 Å². The van der Waals surface area contributed by atoms with Crippen LogP contribution in [0.15, 0.2) is 0 Å². The Kier molecular flexibility index (Phi) is 2.53. The fraction of sp³-hybridized carbons (Fsp3) is 0.400. The summed E-state index contributed by atoms with van der Waals surface area (Å²) < 4.78 is 29.5. The first kappa shape index (κ1) is 10.6. The SMILES string of the molecule is N=CC(=O)NC1CN(S(=O)(=O)O)C1=O. The molecule has 1 fully saturated rings. The fourth-order valence-corrected chi connectivity index (χ4v) is 1.62. The molecule has 0 aromatic carbocycles. The molecule has 1 aliphatic heterocycles. The van der Waals surface area contributed by atoms with Gasteiger partial charge in [-0.2, -0.15) is 8.42 Å². The van der Waals surface area contributed by atoms with Crippen LogP contribution in [0, 0.1) is 5.41 Å². The predicted octanol–water partition coefficient (Wildman–Crippen LogP) is -2.23. The summed E-state index contributed by atoms with van der Waals surface area (Å²) in [5.74, 6) is -1.71. The second kappa shape index (κ2) is 3.35. The monoisotopic (exact) mass is 221 g/mol. The summed E-state index contributed by atoms with van der Waals surface area (Å²) in [6.45, 7) is -0.308. The van der Waals surface area contributed by atoms with E-state index < -0.39 is 28.2 Å². The van der Waals surface area contributed by atoms with Crippen LogP contribution in [0.4, 0.5) is 0 Å². The molecule has 1 rings (SSSR count). The maximum absolute atomic E-state index is 11.0. The van der Waals surface area contributed by atoms with Gasteiger partial charge in [-0.05, 0) is 0 Å². The topological polar surface area (TPSA) is 128 Å². The lowest BCUT2D eigenvalue weighted by atomic mass is 10.1. The van der Waals surface area contributed by atoms with E-state index >= 15 is 0 Å². The van der Waals surface area contributed by atoms with Crippen molar-refractivity contribution in [3.05, 3.63) is 0 Å². The molecule has 2 amide bonds. The van der Waals surface area contributed by atoms with E-state index in [9.17, 15) is 18.0 Å². The van der Waals surface area contributed by atoms with Gasteiger partial charge in [0.25, 0.3) is 11.8 Å². The third-order valence-electron chi connectivity index (χ3n) is 1.62. The zero-order valence-electron chi connectivity index (χ0n) is 6.80. The quantitative estimate of drug-likeness (QED) is 0.282. The molecule has 1 saturated heterocycles. The minimum absolute atomic E-state index is 0.224. The zero-order valence-corrected chi connectivity index (χ0v) is 7.61. The Balaban J connectivity index is 2.57. The molecule has 0 aromatic rings. The van der Waals surface area contributed by atoms with Crippen LogP contribution in [0.1, 0.15) is 0 Å². The lowest BCUT2D eigenvalue weighted by Gasteiger charge is -2.34. The Morgan fingerprint density at radius 3 is 2.64 bits per heavy atom. The summed E-state index contributed by atoms with van der Waals surface area (Å²) in [5, 5.41) is 8.58. The van der Waals surface area contributed by atoms with Crippen LogP contribution in [0.2, 0.25) is 0 Å². The number of amides is 2. The van der Waals surface area contributed by atoms with E-state index in [1.54, 1.807) is 0 Å². The molecule has 0 aliphatic carbocycles. The second-order valence-corrected chi connectivity index (χ2v) is 3.89. The van der Waals surface area contributed by atoms with E-state index in [0.29, 0.717) is 6.21 Å². The molecule has 1 aliphatic rings. The number of rotatable bonds is 3. The van der Waals surface area contributed by atoms with Gasteiger partial charge in [-0.25, -0.2) is 4.31 Å². The Morgan fingerprint density at radius 2 is 2.29 bits per heavy atom. The molecular weight excluding hydrogens is 214 g/mol.